The van der Waals surface area contributed by atoms with E-state index in [0.717, 1.165) is 35.3 Å². The molecule has 3 heterocycles. The van der Waals surface area contributed by atoms with Gasteiger partial charge in [-0.05, 0) is 42.5 Å². The summed E-state index contributed by atoms with van der Waals surface area (Å²) in [4.78, 5) is 17.8. The number of pyridine rings is 1. The fourth-order valence-corrected chi connectivity index (χ4v) is 5.20. The Balaban J connectivity index is 1.35. The molecule has 0 aromatic carbocycles. The number of hydrogen-bond donors (Lipinski definition) is 1. The number of fused-ring (bicyclic) bond motifs is 1. The average Bonchev–Trinajstić information content (AvgIpc) is 3.13. The molecule has 1 aliphatic rings. The fraction of sp³-hybridized carbons (Fsp3) is 0.421. The normalized spacial score (nSPS) is 19.7. The lowest BCUT2D eigenvalue weighted by Gasteiger charge is -2.42. The number of aromatic nitrogens is 4. The molecular weight excluding hydrogens is 376 g/mol. The molecule has 4 rings (SSSR count). The molecule has 0 saturated heterocycles. The van der Waals surface area contributed by atoms with Crippen molar-refractivity contribution in [2.24, 2.45) is 5.92 Å². The smallest absolute Gasteiger partial charge is 0.214 e. The van der Waals surface area contributed by atoms with Gasteiger partial charge in [-0.1, -0.05) is 0 Å². The Morgan fingerprint density at radius 3 is 2.64 bits per heavy atom. The highest BCUT2D eigenvalue weighted by Crippen LogP contribution is 2.36. The number of nitrogens with one attached hydrogen (secondary N) is 1. The molecule has 0 bridgehead atoms. The van der Waals surface area contributed by atoms with Crippen LogP contribution in [-0.4, -0.2) is 58.5 Å². The molecule has 0 unspecified atom stereocenters. The number of hydrogen-bond acceptors (Lipinski definition) is 6. The van der Waals surface area contributed by atoms with Crippen molar-refractivity contribution in [3.63, 3.8) is 0 Å². The first kappa shape index (κ1) is 18.8. The molecule has 28 heavy (non-hydrogen) atoms. The minimum Gasteiger partial charge on any atom is -0.356 e. The maximum atomic E-state index is 12.7. The van der Waals surface area contributed by atoms with Crippen molar-refractivity contribution in [2.45, 2.75) is 25.4 Å². The van der Waals surface area contributed by atoms with E-state index in [2.05, 4.69) is 24.8 Å². The van der Waals surface area contributed by atoms with Gasteiger partial charge in [0.25, 0.3) is 0 Å². The van der Waals surface area contributed by atoms with Gasteiger partial charge in [-0.3, -0.25) is 4.98 Å². The van der Waals surface area contributed by atoms with Gasteiger partial charge in [0.2, 0.25) is 10.0 Å². The quantitative estimate of drug-likeness (QED) is 0.652. The van der Waals surface area contributed by atoms with Crippen LogP contribution in [0.5, 0.6) is 0 Å². The molecule has 1 N–H and O–H groups in total. The second kappa shape index (κ2) is 7.48. The van der Waals surface area contributed by atoms with Crippen LogP contribution in [0.3, 0.4) is 0 Å². The molecule has 0 aliphatic heterocycles. The predicted molar refractivity (Wildman–Crippen MR) is 108 cm³/mol. The Labute approximate surface area is 164 Å². The van der Waals surface area contributed by atoms with E-state index in [1.54, 1.807) is 25.8 Å². The van der Waals surface area contributed by atoms with Crippen LogP contribution in [0.4, 0.5) is 5.82 Å². The molecule has 1 saturated carbocycles. The minimum atomic E-state index is -3.29. The number of rotatable bonds is 7. The lowest BCUT2D eigenvalue weighted by Crippen LogP contribution is -2.46. The summed E-state index contributed by atoms with van der Waals surface area (Å²) >= 11 is 0. The van der Waals surface area contributed by atoms with Gasteiger partial charge in [0, 0.05) is 45.3 Å². The zero-order valence-electron chi connectivity index (χ0n) is 16.0. The SMILES string of the molecule is CN(Cc1ccncc1)S(=O)(=O)C[C@H]1C[C@@H](N(C)c2ncnc3[nH]ccc23)C1. The molecule has 3 aromatic heterocycles. The van der Waals surface area contributed by atoms with Crippen molar-refractivity contribution in [1.29, 1.82) is 0 Å². The molecule has 0 spiro atoms. The Morgan fingerprint density at radius 2 is 1.89 bits per heavy atom. The van der Waals surface area contributed by atoms with Crippen molar-refractivity contribution < 1.29 is 8.42 Å². The fourth-order valence-electron chi connectivity index (χ4n) is 3.73. The van der Waals surface area contributed by atoms with Gasteiger partial charge >= 0.3 is 0 Å². The molecule has 1 fully saturated rings. The van der Waals surface area contributed by atoms with Crippen LogP contribution in [0, 0.1) is 5.92 Å². The van der Waals surface area contributed by atoms with Gasteiger partial charge in [-0.2, -0.15) is 0 Å². The Hall–Kier alpha value is -2.52. The summed E-state index contributed by atoms with van der Waals surface area (Å²) in [5.74, 6) is 1.23. The first-order valence-corrected chi connectivity index (χ1v) is 10.9. The number of aromatic amines is 1. The van der Waals surface area contributed by atoms with Gasteiger partial charge in [-0.15, -0.1) is 0 Å². The minimum absolute atomic E-state index is 0.167. The topological polar surface area (TPSA) is 95.1 Å². The maximum Gasteiger partial charge on any atom is 0.214 e. The van der Waals surface area contributed by atoms with Crippen molar-refractivity contribution in [3.05, 3.63) is 48.7 Å². The Bertz CT molecular complexity index is 1050. The van der Waals surface area contributed by atoms with Crippen molar-refractivity contribution in [1.82, 2.24) is 24.2 Å². The van der Waals surface area contributed by atoms with Crippen molar-refractivity contribution in [3.8, 4) is 0 Å². The zero-order valence-corrected chi connectivity index (χ0v) is 16.8. The van der Waals surface area contributed by atoms with Gasteiger partial charge in [0.15, 0.2) is 0 Å². The molecule has 148 valence electrons. The molecular formula is C19H24N6O2S. The summed E-state index contributed by atoms with van der Waals surface area (Å²) in [6, 6.07) is 5.93. The third kappa shape index (κ3) is 3.72. The van der Waals surface area contributed by atoms with Crippen LogP contribution < -0.4 is 4.90 Å². The number of nitrogens with zero attached hydrogens (tertiary/aromatic N) is 5. The van der Waals surface area contributed by atoms with E-state index in [1.807, 2.05) is 31.4 Å². The highest BCUT2D eigenvalue weighted by Gasteiger charge is 2.37. The monoisotopic (exact) mass is 400 g/mol. The van der Waals surface area contributed by atoms with Gasteiger partial charge in [-0.25, -0.2) is 22.7 Å². The van der Waals surface area contributed by atoms with Crippen LogP contribution in [-0.2, 0) is 16.6 Å². The lowest BCUT2D eigenvalue weighted by molar-refractivity contribution is 0.278. The zero-order chi connectivity index (χ0) is 19.7. The third-order valence-electron chi connectivity index (χ3n) is 5.50. The summed E-state index contributed by atoms with van der Waals surface area (Å²) in [7, 11) is 0.360. The van der Waals surface area contributed by atoms with Crippen LogP contribution in [0.1, 0.15) is 18.4 Å². The summed E-state index contributed by atoms with van der Waals surface area (Å²) in [5, 5.41) is 0.984. The second-order valence-corrected chi connectivity index (χ2v) is 9.55. The molecule has 0 radical (unpaired) electrons. The van der Waals surface area contributed by atoms with Gasteiger partial charge in [0.05, 0.1) is 11.1 Å². The van der Waals surface area contributed by atoms with Crippen molar-refractivity contribution in [2.75, 3.05) is 24.7 Å². The van der Waals surface area contributed by atoms with Crippen LogP contribution >= 0.6 is 0 Å². The molecule has 0 amide bonds. The molecule has 1 aliphatic carbocycles. The van der Waals surface area contributed by atoms with E-state index in [0.29, 0.717) is 12.6 Å². The first-order valence-electron chi connectivity index (χ1n) is 9.28. The van der Waals surface area contributed by atoms with E-state index in [9.17, 15) is 8.42 Å². The van der Waals surface area contributed by atoms with E-state index in [1.165, 1.54) is 4.31 Å². The Kier molecular flexibility index (Phi) is 5.03. The summed E-state index contributed by atoms with van der Waals surface area (Å²) < 4.78 is 26.8. The highest BCUT2D eigenvalue weighted by molar-refractivity contribution is 7.89. The van der Waals surface area contributed by atoms with Crippen LogP contribution in [0.15, 0.2) is 43.1 Å². The van der Waals surface area contributed by atoms with Gasteiger partial charge in [0.1, 0.15) is 17.8 Å². The van der Waals surface area contributed by atoms with E-state index in [-0.39, 0.29) is 11.7 Å². The Morgan fingerprint density at radius 1 is 1.14 bits per heavy atom. The second-order valence-electron chi connectivity index (χ2n) is 7.43. The number of H-pyrrole nitrogens is 1. The van der Waals surface area contributed by atoms with Crippen LogP contribution in [0.2, 0.25) is 0 Å². The van der Waals surface area contributed by atoms with Crippen molar-refractivity contribution >= 4 is 26.9 Å². The largest absolute Gasteiger partial charge is 0.356 e. The average molecular weight is 401 g/mol. The molecule has 8 nitrogen and oxygen atoms in total. The highest BCUT2D eigenvalue weighted by atomic mass is 32.2. The van der Waals surface area contributed by atoms with Gasteiger partial charge < -0.3 is 9.88 Å². The van der Waals surface area contributed by atoms with E-state index < -0.39 is 10.0 Å². The molecule has 9 heteroatoms. The lowest BCUT2D eigenvalue weighted by atomic mass is 9.81. The standard InChI is InChI=1S/C19H24N6O2S/c1-24(11-14-3-6-20-7-4-14)28(26,27)12-15-9-16(10-15)25(2)19-17-5-8-21-18(17)22-13-23-19/h3-8,13,15-16H,9-12H2,1-2H3,(H,21,22,23)/t15-,16+. The number of anilines is 1. The van der Waals surface area contributed by atoms with Crippen LogP contribution in [0.25, 0.3) is 11.0 Å². The first-order chi connectivity index (χ1) is 13.4. The molecule has 0 atom stereocenters. The summed E-state index contributed by atoms with van der Waals surface area (Å²) in [6.07, 6.45) is 8.45. The third-order valence-corrected chi connectivity index (χ3v) is 7.47. The summed E-state index contributed by atoms with van der Waals surface area (Å²) in [6.45, 7) is 0.368. The van der Waals surface area contributed by atoms with E-state index >= 15 is 0 Å². The number of sulfonamides is 1. The predicted octanol–water partition coefficient (Wildman–Crippen LogP) is 2.03. The molecule has 3 aromatic rings. The van der Waals surface area contributed by atoms with E-state index in [4.69, 9.17) is 0 Å². The maximum absolute atomic E-state index is 12.7. The summed E-state index contributed by atoms with van der Waals surface area (Å²) in [5.41, 5.74) is 1.75.